The van der Waals surface area contributed by atoms with Crippen LogP contribution in [0, 0.1) is 9.93 Å². The summed E-state index contributed by atoms with van der Waals surface area (Å²) in [5.74, 6) is -0.981. The predicted molar refractivity (Wildman–Crippen MR) is 47.8 cm³/mol. The SMILES string of the molecule is C=CC(=O)O.CCOC(=O)O.O.O=O. The molecule has 0 unspecified atom stereocenters. The quantitative estimate of drug-likeness (QED) is 0.490. The third-order valence-corrected chi connectivity index (χ3v) is 0.442. The smallest absolute Gasteiger partial charge is 0.478 e. The zero-order valence-corrected chi connectivity index (χ0v) is 7.43. The number of hydrogen-bond donors (Lipinski definition) is 2. The molecular formula is C6H12O8. The third kappa shape index (κ3) is 88.8. The number of ether oxygens (including phenoxy) is 1. The highest BCUT2D eigenvalue weighted by molar-refractivity contribution is 5.78. The third-order valence-electron chi connectivity index (χ3n) is 0.442. The highest BCUT2D eigenvalue weighted by Crippen LogP contribution is 1.69. The normalized spacial score (nSPS) is 5.79. The Hall–Kier alpha value is -1.96. The zero-order valence-electron chi connectivity index (χ0n) is 7.43. The summed E-state index contributed by atoms with van der Waals surface area (Å²) >= 11 is 0. The second-order valence-corrected chi connectivity index (χ2v) is 1.24. The van der Waals surface area contributed by atoms with Gasteiger partial charge in [0, 0.05) is 16.0 Å². The number of hydrogen-bond acceptors (Lipinski definition) is 5. The van der Waals surface area contributed by atoms with Gasteiger partial charge in [-0.25, -0.2) is 9.59 Å². The van der Waals surface area contributed by atoms with Crippen LogP contribution in [-0.2, 0) is 9.53 Å². The minimum Gasteiger partial charge on any atom is -0.478 e. The van der Waals surface area contributed by atoms with Crippen LogP contribution in [0.5, 0.6) is 0 Å². The molecule has 0 aromatic heterocycles. The van der Waals surface area contributed by atoms with Crippen molar-refractivity contribution in [2.24, 2.45) is 0 Å². The van der Waals surface area contributed by atoms with Crippen molar-refractivity contribution in [3.8, 4) is 0 Å². The average Bonchev–Trinajstić information content (AvgIpc) is 2.09. The van der Waals surface area contributed by atoms with Crippen molar-refractivity contribution in [1.29, 1.82) is 0 Å². The van der Waals surface area contributed by atoms with Gasteiger partial charge in [0.25, 0.3) is 0 Å². The van der Waals surface area contributed by atoms with Gasteiger partial charge in [-0.1, -0.05) is 6.58 Å². The van der Waals surface area contributed by atoms with E-state index in [0.717, 1.165) is 6.08 Å². The molecule has 0 fully saturated rings. The van der Waals surface area contributed by atoms with Crippen LogP contribution in [0.1, 0.15) is 6.92 Å². The van der Waals surface area contributed by atoms with Crippen molar-refractivity contribution in [3.63, 3.8) is 0 Å². The van der Waals surface area contributed by atoms with E-state index in [1.54, 1.807) is 6.92 Å². The molecule has 84 valence electrons. The Morgan fingerprint density at radius 1 is 1.36 bits per heavy atom. The summed E-state index contributed by atoms with van der Waals surface area (Å²) in [5.41, 5.74) is 0. The van der Waals surface area contributed by atoms with Crippen molar-refractivity contribution in [2.75, 3.05) is 6.61 Å². The van der Waals surface area contributed by atoms with Gasteiger partial charge in [-0.3, -0.25) is 0 Å². The monoisotopic (exact) mass is 212 g/mol. The summed E-state index contributed by atoms with van der Waals surface area (Å²) in [4.78, 5) is 32.6. The first-order valence-corrected chi connectivity index (χ1v) is 2.92. The highest BCUT2D eigenvalue weighted by atomic mass is 16.7. The lowest BCUT2D eigenvalue weighted by molar-refractivity contribution is -0.131. The molecule has 4 N–H and O–H groups in total. The lowest BCUT2D eigenvalue weighted by Crippen LogP contribution is -1.97. The largest absolute Gasteiger partial charge is 0.505 e. The van der Waals surface area contributed by atoms with Crippen LogP contribution in [0.15, 0.2) is 12.7 Å². The highest BCUT2D eigenvalue weighted by Gasteiger charge is 1.86. The Morgan fingerprint density at radius 2 is 1.64 bits per heavy atom. The van der Waals surface area contributed by atoms with Crippen LogP contribution >= 0.6 is 0 Å². The van der Waals surface area contributed by atoms with E-state index >= 15 is 0 Å². The standard InChI is InChI=1S/C3H6O3.C3H4O2.O2.H2O/c1-2-6-3(4)5;1-2-3(4)5;1-2;/h2H2,1H3,(H,4,5);2H,1H2,(H,4,5);;1H2. The Balaban J connectivity index is -0.0000000576. The number of carboxylic acid groups (broad SMARTS) is 2. The first-order valence-electron chi connectivity index (χ1n) is 2.92. The van der Waals surface area contributed by atoms with E-state index in [1.165, 1.54) is 0 Å². The van der Waals surface area contributed by atoms with Crippen molar-refractivity contribution in [1.82, 2.24) is 0 Å². The van der Waals surface area contributed by atoms with Gasteiger partial charge < -0.3 is 20.4 Å². The first kappa shape index (κ1) is 22.7. The fourth-order valence-corrected chi connectivity index (χ4v) is 0.123. The molecule has 0 heterocycles. The van der Waals surface area contributed by atoms with Gasteiger partial charge in [0.2, 0.25) is 0 Å². The Kier molecular flexibility index (Phi) is 36.4. The molecule has 0 saturated heterocycles. The molecule has 0 aliphatic carbocycles. The van der Waals surface area contributed by atoms with Crippen molar-refractivity contribution < 1.29 is 30.0 Å². The van der Waals surface area contributed by atoms with Crippen molar-refractivity contribution in [2.45, 2.75) is 6.92 Å². The Morgan fingerprint density at radius 3 is 1.64 bits per heavy atom. The zero-order chi connectivity index (χ0) is 11.3. The van der Waals surface area contributed by atoms with Crippen LogP contribution in [0.3, 0.4) is 0 Å². The number of rotatable bonds is 2. The summed E-state index contributed by atoms with van der Waals surface area (Å²) < 4.78 is 3.96. The fraction of sp³-hybridized carbons (Fsp3) is 0.333. The minimum absolute atomic E-state index is 0. The van der Waals surface area contributed by atoms with Crippen LogP contribution < -0.4 is 0 Å². The second-order valence-electron chi connectivity index (χ2n) is 1.24. The van der Waals surface area contributed by atoms with E-state index in [2.05, 4.69) is 11.3 Å². The molecule has 0 spiro atoms. The Bertz CT molecular complexity index is 154. The van der Waals surface area contributed by atoms with Crippen molar-refractivity contribution >= 4 is 12.1 Å². The van der Waals surface area contributed by atoms with Crippen LogP contribution in [0.4, 0.5) is 4.79 Å². The van der Waals surface area contributed by atoms with Crippen molar-refractivity contribution in [3.05, 3.63) is 22.6 Å². The topological polar surface area (TPSA) is 149 Å². The number of aliphatic carboxylic acids is 1. The van der Waals surface area contributed by atoms with Gasteiger partial charge in [0.05, 0.1) is 6.61 Å². The molecule has 0 saturated carbocycles. The first-order chi connectivity index (χ1) is 6.04. The van der Waals surface area contributed by atoms with Gasteiger partial charge in [0.1, 0.15) is 0 Å². The molecule has 0 radical (unpaired) electrons. The summed E-state index contributed by atoms with van der Waals surface area (Å²) in [6, 6.07) is 0. The molecule has 0 aliphatic rings. The molecule has 0 aliphatic heterocycles. The molecule has 0 aromatic rings. The average molecular weight is 212 g/mol. The van der Waals surface area contributed by atoms with Gasteiger partial charge >= 0.3 is 12.1 Å². The summed E-state index contributed by atoms with van der Waals surface area (Å²) in [5, 5.41) is 15.3. The molecule has 0 aromatic carbocycles. The molecule has 8 heteroatoms. The van der Waals surface area contributed by atoms with Gasteiger partial charge in [-0.15, -0.1) is 0 Å². The predicted octanol–water partition coefficient (Wildman–Crippen LogP) is 0.200. The van der Waals surface area contributed by atoms with E-state index in [-0.39, 0.29) is 12.1 Å². The van der Waals surface area contributed by atoms with E-state index in [9.17, 15) is 9.59 Å². The number of carbonyl (C=O) groups is 2. The molecular weight excluding hydrogens is 200 g/mol. The van der Waals surface area contributed by atoms with E-state index < -0.39 is 12.1 Å². The molecule has 0 amide bonds. The summed E-state index contributed by atoms with van der Waals surface area (Å²) in [7, 11) is 0. The lowest BCUT2D eigenvalue weighted by Gasteiger charge is -1.87. The van der Waals surface area contributed by atoms with Crippen LogP contribution in [0.2, 0.25) is 0 Å². The molecule has 14 heavy (non-hydrogen) atoms. The molecule has 0 bridgehead atoms. The van der Waals surface area contributed by atoms with Gasteiger partial charge in [0.15, 0.2) is 0 Å². The second kappa shape index (κ2) is 22.5. The van der Waals surface area contributed by atoms with E-state index in [1.807, 2.05) is 0 Å². The maximum Gasteiger partial charge on any atom is 0.505 e. The molecule has 8 nitrogen and oxygen atoms in total. The van der Waals surface area contributed by atoms with E-state index in [0.29, 0.717) is 0 Å². The maximum atomic E-state index is 9.38. The summed E-state index contributed by atoms with van der Waals surface area (Å²) in [6.07, 6.45) is -0.377. The summed E-state index contributed by atoms with van der Waals surface area (Å²) in [6.45, 7) is 4.81. The lowest BCUT2D eigenvalue weighted by atomic mass is 10.7. The molecule has 0 atom stereocenters. The maximum absolute atomic E-state index is 9.38. The van der Waals surface area contributed by atoms with Crippen LogP contribution in [0.25, 0.3) is 0 Å². The van der Waals surface area contributed by atoms with Gasteiger partial charge in [-0.2, -0.15) is 0 Å². The molecule has 0 rings (SSSR count). The minimum atomic E-state index is -1.21. The number of carboxylic acids is 1. The fourth-order valence-electron chi connectivity index (χ4n) is 0.123. The van der Waals surface area contributed by atoms with Crippen LogP contribution in [-0.4, -0.2) is 34.4 Å². The van der Waals surface area contributed by atoms with Gasteiger partial charge in [-0.05, 0) is 6.92 Å². The Labute approximate surface area is 79.3 Å². The van der Waals surface area contributed by atoms with E-state index in [4.69, 9.17) is 20.1 Å².